The second-order valence-corrected chi connectivity index (χ2v) is 11.3. The minimum absolute atomic E-state index is 0.0712. The van der Waals surface area contributed by atoms with Crippen molar-refractivity contribution in [2.75, 3.05) is 0 Å². The van der Waals surface area contributed by atoms with Gasteiger partial charge >= 0.3 is 0 Å². The Bertz CT molecular complexity index is 2990. The summed E-state index contributed by atoms with van der Waals surface area (Å²) in [5.74, 6) is 0.749. The van der Waals surface area contributed by atoms with E-state index in [4.69, 9.17) is 27.3 Å². The van der Waals surface area contributed by atoms with E-state index in [1.807, 2.05) is 60.7 Å². The maximum atomic E-state index is 9.14. The number of aromatic nitrogens is 4. The number of para-hydroxylation sites is 1. The summed E-state index contributed by atoms with van der Waals surface area (Å²) in [5, 5.41) is 2.62. The molecule has 0 fully saturated rings. The van der Waals surface area contributed by atoms with Gasteiger partial charge in [0.2, 0.25) is 5.95 Å². The first-order chi connectivity index (χ1) is 25.5. The molecule has 0 saturated heterocycles. The van der Waals surface area contributed by atoms with Crippen LogP contribution >= 0.6 is 11.3 Å². The molecule has 0 atom stereocenters. The SMILES string of the molecule is [2H]c1c([2H])c([2H])c(-c2cccc3c2c2c([2H])c([2H])c([2H])c([2H])c2n3-c2nc(-c3ccccc3)nc(-c3ccc4c(c3)sc3ccccc34)n2)c([2H])c1[2H]. The molecular formula is C39H24N4S. The Labute approximate surface area is 270 Å². The van der Waals surface area contributed by atoms with Crippen LogP contribution < -0.4 is 0 Å². The minimum atomic E-state index is -0.541. The van der Waals surface area contributed by atoms with Crippen molar-refractivity contribution in [2.24, 2.45) is 0 Å². The first kappa shape index (κ1) is 17.5. The molecule has 9 aromatic rings. The van der Waals surface area contributed by atoms with Crippen molar-refractivity contribution in [1.29, 1.82) is 0 Å². The number of benzene rings is 6. The zero-order valence-corrected chi connectivity index (χ0v) is 23.7. The largest absolute Gasteiger partial charge is 0.278 e. The molecule has 0 aliphatic carbocycles. The van der Waals surface area contributed by atoms with Gasteiger partial charge in [0.25, 0.3) is 0 Å². The Balaban J connectivity index is 1.40. The predicted molar refractivity (Wildman–Crippen MR) is 183 cm³/mol. The van der Waals surface area contributed by atoms with Gasteiger partial charge in [-0.3, -0.25) is 4.57 Å². The molecule has 9 rings (SSSR count). The molecule has 0 aliphatic heterocycles. The van der Waals surface area contributed by atoms with E-state index >= 15 is 0 Å². The first-order valence-corrected chi connectivity index (χ1v) is 14.7. The number of fused-ring (bicyclic) bond motifs is 6. The average Bonchev–Trinajstić information content (AvgIpc) is 3.74. The highest BCUT2D eigenvalue weighted by Gasteiger charge is 2.20. The van der Waals surface area contributed by atoms with E-state index in [1.54, 1.807) is 34.1 Å². The fourth-order valence-electron chi connectivity index (χ4n) is 5.74. The second-order valence-electron chi connectivity index (χ2n) is 10.2. The molecule has 4 nitrogen and oxygen atoms in total. The average molecular weight is 590 g/mol. The number of hydrogen-bond acceptors (Lipinski definition) is 4. The quantitative estimate of drug-likeness (QED) is 0.205. The van der Waals surface area contributed by atoms with Gasteiger partial charge in [-0.2, -0.15) is 9.97 Å². The molecule has 206 valence electrons. The van der Waals surface area contributed by atoms with Crippen LogP contribution in [-0.2, 0) is 0 Å². The van der Waals surface area contributed by atoms with Gasteiger partial charge in [-0.15, -0.1) is 11.3 Å². The number of rotatable bonds is 4. The summed E-state index contributed by atoms with van der Waals surface area (Å²) < 4.78 is 81.7. The Hall–Kier alpha value is -5.65. The van der Waals surface area contributed by atoms with Crippen molar-refractivity contribution in [3.63, 3.8) is 0 Å². The van der Waals surface area contributed by atoms with Crippen molar-refractivity contribution >= 4 is 53.3 Å². The number of hydrogen-bond donors (Lipinski definition) is 0. The first-order valence-electron chi connectivity index (χ1n) is 18.4. The van der Waals surface area contributed by atoms with E-state index in [2.05, 4.69) is 12.1 Å². The van der Waals surface area contributed by atoms with Crippen LogP contribution in [0.3, 0.4) is 0 Å². The summed E-state index contributed by atoms with van der Waals surface area (Å²) >= 11 is 1.66. The summed E-state index contributed by atoms with van der Waals surface area (Å²) in [7, 11) is 0. The summed E-state index contributed by atoms with van der Waals surface area (Å²) in [5.41, 5.74) is 1.96. The van der Waals surface area contributed by atoms with Crippen molar-refractivity contribution in [2.45, 2.75) is 0 Å². The van der Waals surface area contributed by atoms with Crippen LogP contribution in [0.5, 0.6) is 0 Å². The predicted octanol–water partition coefficient (Wildman–Crippen LogP) is 10.3. The molecule has 0 radical (unpaired) electrons. The molecular weight excluding hydrogens is 557 g/mol. The molecule has 44 heavy (non-hydrogen) atoms. The van der Waals surface area contributed by atoms with Gasteiger partial charge in [-0.25, -0.2) is 4.98 Å². The van der Waals surface area contributed by atoms with E-state index in [0.29, 0.717) is 28.3 Å². The number of nitrogens with zero attached hydrogens (tertiary/aromatic N) is 4. The van der Waals surface area contributed by atoms with Crippen LogP contribution in [0, 0.1) is 0 Å². The minimum Gasteiger partial charge on any atom is -0.278 e. The van der Waals surface area contributed by atoms with Gasteiger partial charge in [-0.1, -0.05) is 121 Å². The fraction of sp³-hybridized carbons (Fsp3) is 0. The lowest BCUT2D eigenvalue weighted by atomic mass is 9.99. The third kappa shape index (κ3) is 3.94. The highest BCUT2D eigenvalue weighted by atomic mass is 32.1. The van der Waals surface area contributed by atoms with Crippen molar-refractivity contribution in [3.05, 3.63) is 145 Å². The van der Waals surface area contributed by atoms with Gasteiger partial charge < -0.3 is 0 Å². The van der Waals surface area contributed by atoms with Gasteiger partial charge in [0.15, 0.2) is 11.6 Å². The lowest BCUT2D eigenvalue weighted by Crippen LogP contribution is -2.06. The summed E-state index contributed by atoms with van der Waals surface area (Å²) in [6, 6.07) is 24.4. The summed E-state index contributed by atoms with van der Waals surface area (Å²) in [6.07, 6.45) is 0. The van der Waals surface area contributed by atoms with Crippen LogP contribution in [0.2, 0.25) is 0 Å². The topological polar surface area (TPSA) is 43.6 Å². The maximum Gasteiger partial charge on any atom is 0.238 e. The van der Waals surface area contributed by atoms with Crippen molar-refractivity contribution < 1.29 is 12.3 Å². The van der Waals surface area contributed by atoms with Crippen LogP contribution in [0.25, 0.3) is 81.8 Å². The van der Waals surface area contributed by atoms with Crippen LogP contribution in [0.4, 0.5) is 0 Å². The number of thiophene rings is 1. The summed E-state index contributed by atoms with van der Waals surface area (Å²) in [6.45, 7) is 0. The molecule has 0 N–H and O–H groups in total. The molecule has 0 aliphatic rings. The lowest BCUT2D eigenvalue weighted by molar-refractivity contribution is 0.954. The second kappa shape index (κ2) is 9.97. The Morgan fingerprint density at radius 1 is 0.523 bits per heavy atom. The molecule has 3 heterocycles. The third-order valence-corrected chi connectivity index (χ3v) is 8.82. The van der Waals surface area contributed by atoms with Gasteiger partial charge in [0.1, 0.15) is 0 Å². The van der Waals surface area contributed by atoms with Crippen molar-refractivity contribution in [3.8, 4) is 39.9 Å². The Kier molecular flexibility index (Phi) is 3.96. The smallest absolute Gasteiger partial charge is 0.238 e. The van der Waals surface area contributed by atoms with Gasteiger partial charge in [0.05, 0.1) is 23.4 Å². The zero-order chi connectivity index (χ0) is 36.9. The molecule has 0 spiro atoms. The van der Waals surface area contributed by atoms with E-state index in [0.717, 1.165) is 20.2 Å². The molecule has 3 aromatic heterocycles. The molecule has 0 bridgehead atoms. The fourth-order valence-corrected chi connectivity index (χ4v) is 6.89. The van der Waals surface area contributed by atoms with E-state index < -0.39 is 42.3 Å². The standard InChI is InChI=1S/C39H24N4S/c1-3-12-25(13-4-1)28-18-11-20-33-36(28)31-17-7-9-19-32(31)43(33)39-41-37(26-14-5-2-6-15-26)40-38(42-39)27-22-23-30-29-16-8-10-21-34(29)44-35(30)24-27/h1-24H/i1D,3D,4D,7D,9D,12D,13D,17D,19D. The molecule has 0 saturated carbocycles. The van der Waals surface area contributed by atoms with E-state index in [1.165, 1.54) is 0 Å². The van der Waals surface area contributed by atoms with Crippen LogP contribution in [-0.4, -0.2) is 19.5 Å². The molecule has 6 aromatic carbocycles. The van der Waals surface area contributed by atoms with Crippen LogP contribution in [0.15, 0.2) is 145 Å². The van der Waals surface area contributed by atoms with E-state index in [9.17, 15) is 0 Å². The van der Waals surface area contributed by atoms with Crippen molar-refractivity contribution in [1.82, 2.24) is 19.5 Å². The monoisotopic (exact) mass is 589 g/mol. The maximum absolute atomic E-state index is 9.14. The van der Waals surface area contributed by atoms with Crippen LogP contribution in [0.1, 0.15) is 12.3 Å². The Morgan fingerprint density at radius 2 is 1.27 bits per heavy atom. The third-order valence-electron chi connectivity index (χ3n) is 7.69. The highest BCUT2D eigenvalue weighted by molar-refractivity contribution is 7.25. The summed E-state index contributed by atoms with van der Waals surface area (Å²) in [4.78, 5) is 14.8. The van der Waals surface area contributed by atoms with Gasteiger partial charge in [-0.05, 0) is 35.4 Å². The van der Waals surface area contributed by atoms with E-state index in [-0.39, 0.29) is 45.4 Å². The molecule has 0 amide bonds. The normalized spacial score (nSPS) is 14.5. The highest BCUT2D eigenvalue weighted by Crippen LogP contribution is 2.39. The molecule has 5 heteroatoms. The lowest BCUT2D eigenvalue weighted by Gasteiger charge is -2.11. The van der Waals surface area contributed by atoms with Gasteiger partial charge in [0, 0.05) is 42.1 Å². The zero-order valence-electron chi connectivity index (χ0n) is 31.9. The Morgan fingerprint density at radius 3 is 2.16 bits per heavy atom. The molecule has 0 unspecified atom stereocenters.